The summed E-state index contributed by atoms with van der Waals surface area (Å²) in [5.74, 6) is 0.855. The lowest BCUT2D eigenvalue weighted by atomic mass is 10.1. The van der Waals surface area contributed by atoms with Gasteiger partial charge in [-0.15, -0.1) is 0 Å². The van der Waals surface area contributed by atoms with Crippen molar-refractivity contribution in [2.45, 2.75) is 20.8 Å². The van der Waals surface area contributed by atoms with E-state index in [4.69, 9.17) is 17.0 Å². The molecule has 0 aromatic heterocycles. The summed E-state index contributed by atoms with van der Waals surface area (Å²) >= 11 is 4.85. The zero-order chi connectivity index (χ0) is 9.14. The lowest BCUT2D eigenvalue weighted by molar-refractivity contribution is 0.556. The molecule has 0 unspecified atom stereocenters. The molecule has 0 N–H and O–H groups in total. The topological polar surface area (TPSA) is 9.23 Å². The molecular formula is C10H12OS. The highest BCUT2D eigenvalue weighted by Gasteiger charge is 1.99. The van der Waals surface area contributed by atoms with E-state index in [-0.39, 0.29) is 0 Å². The molecule has 0 aliphatic rings. The van der Waals surface area contributed by atoms with Crippen LogP contribution in [0.3, 0.4) is 0 Å². The average molecular weight is 180 g/mol. The predicted octanol–water partition coefficient (Wildman–Crippen LogP) is 3.03. The van der Waals surface area contributed by atoms with Gasteiger partial charge in [-0.05, 0) is 37.7 Å². The van der Waals surface area contributed by atoms with E-state index in [1.54, 1.807) is 6.92 Å². The van der Waals surface area contributed by atoms with Crippen molar-refractivity contribution in [3.63, 3.8) is 0 Å². The van der Waals surface area contributed by atoms with Crippen LogP contribution in [0.15, 0.2) is 18.2 Å². The van der Waals surface area contributed by atoms with Gasteiger partial charge in [-0.1, -0.05) is 17.7 Å². The summed E-state index contributed by atoms with van der Waals surface area (Å²) in [5.41, 5.74) is 2.36. The normalized spacial score (nSPS) is 9.58. The highest BCUT2D eigenvalue weighted by Crippen LogP contribution is 2.18. The molecule has 0 saturated heterocycles. The second kappa shape index (κ2) is 3.68. The molecule has 1 aromatic rings. The third-order valence-electron chi connectivity index (χ3n) is 1.58. The SMILES string of the molecule is CC(=S)Oc1ccc(C)cc1C. The van der Waals surface area contributed by atoms with Gasteiger partial charge in [0.15, 0.2) is 5.05 Å². The third kappa shape index (κ3) is 2.31. The van der Waals surface area contributed by atoms with E-state index in [1.807, 2.05) is 19.1 Å². The molecule has 0 bridgehead atoms. The Labute approximate surface area is 78.4 Å². The Morgan fingerprint density at radius 1 is 1.33 bits per heavy atom. The molecule has 2 heteroatoms. The van der Waals surface area contributed by atoms with Crippen LogP contribution in [0.1, 0.15) is 18.1 Å². The summed E-state index contributed by atoms with van der Waals surface area (Å²) in [6.07, 6.45) is 0. The van der Waals surface area contributed by atoms with Crippen molar-refractivity contribution in [3.8, 4) is 5.75 Å². The first kappa shape index (κ1) is 9.20. The third-order valence-corrected chi connectivity index (χ3v) is 1.67. The summed E-state index contributed by atoms with van der Waals surface area (Å²) in [5, 5.41) is 0.557. The Morgan fingerprint density at radius 3 is 2.50 bits per heavy atom. The number of benzene rings is 1. The molecule has 0 saturated carbocycles. The van der Waals surface area contributed by atoms with E-state index in [0.717, 1.165) is 11.3 Å². The largest absolute Gasteiger partial charge is 0.450 e. The molecule has 0 radical (unpaired) electrons. The zero-order valence-corrected chi connectivity index (χ0v) is 8.37. The van der Waals surface area contributed by atoms with Crippen LogP contribution in [0.4, 0.5) is 0 Å². The minimum absolute atomic E-state index is 0.557. The first-order valence-corrected chi connectivity index (χ1v) is 4.26. The number of rotatable bonds is 1. The van der Waals surface area contributed by atoms with Crippen LogP contribution in [0.2, 0.25) is 0 Å². The van der Waals surface area contributed by atoms with E-state index in [0.29, 0.717) is 5.05 Å². The van der Waals surface area contributed by atoms with Crippen molar-refractivity contribution >= 4 is 17.3 Å². The molecule has 0 atom stereocenters. The summed E-state index contributed by atoms with van der Waals surface area (Å²) in [7, 11) is 0. The van der Waals surface area contributed by atoms with Gasteiger partial charge in [-0.2, -0.15) is 0 Å². The van der Waals surface area contributed by atoms with Crippen molar-refractivity contribution in [3.05, 3.63) is 29.3 Å². The molecule has 1 aromatic carbocycles. The van der Waals surface area contributed by atoms with Crippen LogP contribution in [0.25, 0.3) is 0 Å². The van der Waals surface area contributed by atoms with E-state index in [9.17, 15) is 0 Å². The van der Waals surface area contributed by atoms with Crippen LogP contribution in [0, 0.1) is 13.8 Å². The maximum Gasteiger partial charge on any atom is 0.164 e. The quantitative estimate of drug-likeness (QED) is 0.614. The Morgan fingerprint density at radius 2 is 2.00 bits per heavy atom. The number of aryl methyl sites for hydroxylation is 2. The Hall–Kier alpha value is -0.890. The van der Waals surface area contributed by atoms with Crippen LogP contribution in [-0.4, -0.2) is 5.05 Å². The zero-order valence-electron chi connectivity index (χ0n) is 7.55. The molecule has 0 aliphatic heterocycles. The van der Waals surface area contributed by atoms with E-state index in [1.165, 1.54) is 5.56 Å². The average Bonchev–Trinajstić information content (AvgIpc) is 1.94. The lowest BCUT2D eigenvalue weighted by Crippen LogP contribution is -2.00. The van der Waals surface area contributed by atoms with Gasteiger partial charge in [-0.25, -0.2) is 0 Å². The van der Waals surface area contributed by atoms with Crippen LogP contribution in [0.5, 0.6) is 5.75 Å². The fraction of sp³-hybridized carbons (Fsp3) is 0.300. The van der Waals surface area contributed by atoms with Crippen molar-refractivity contribution < 1.29 is 4.74 Å². The maximum absolute atomic E-state index is 5.33. The highest BCUT2D eigenvalue weighted by molar-refractivity contribution is 7.80. The lowest BCUT2D eigenvalue weighted by Gasteiger charge is -2.06. The standard InChI is InChI=1S/C10H12OS/c1-7-4-5-10(8(2)6-7)11-9(3)12/h4-6H,1-3H3. The van der Waals surface area contributed by atoms with Gasteiger partial charge >= 0.3 is 0 Å². The fourth-order valence-corrected chi connectivity index (χ4v) is 1.16. The van der Waals surface area contributed by atoms with Crippen molar-refractivity contribution in [1.82, 2.24) is 0 Å². The summed E-state index contributed by atoms with van der Waals surface area (Å²) in [6, 6.07) is 6.04. The Kier molecular flexibility index (Phi) is 2.82. The van der Waals surface area contributed by atoms with E-state index in [2.05, 4.69) is 13.0 Å². The van der Waals surface area contributed by atoms with Gasteiger partial charge < -0.3 is 4.74 Å². The summed E-state index contributed by atoms with van der Waals surface area (Å²) in [6.45, 7) is 5.84. The van der Waals surface area contributed by atoms with Crippen LogP contribution in [-0.2, 0) is 0 Å². The van der Waals surface area contributed by atoms with E-state index < -0.39 is 0 Å². The molecule has 0 aliphatic carbocycles. The van der Waals surface area contributed by atoms with Crippen molar-refractivity contribution in [1.29, 1.82) is 0 Å². The van der Waals surface area contributed by atoms with Gasteiger partial charge in [0.25, 0.3) is 0 Å². The maximum atomic E-state index is 5.33. The predicted molar refractivity (Wildman–Crippen MR) is 54.8 cm³/mol. The van der Waals surface area contributed by atoms with Crippen molar-refractivity contribution in [2.24, 2.45) is 0 Å². The monoisotopic (exact) mass is 180 g/mol. The minimum Gasteiger partial charge on any atom is -0.450 e. The molecule has 0 fully saturated rings. The van der Waals surface area contributed by atoms with Gasteiger partial charge in [0, 0.05) is 6.92 Å². The summed E-state index contributed by atoms with van der Waals surface area (Å²) in [4.78, 5) is 0. The second-order valence-electron chi connectivity index (χ2n) is 2.86. The van der Waals surface area contributed by atoms with Gasteiger partial charge in [0.1, 0.15) is 5.75 Å². The van der Waals surface area contributed by atoms with E-state index >= 15 is 0 Å². The Bertz CT molecular complexity index is 305. The minimum atomic E-state index is 0.557. The number of hydrogen-bond acceptors (Lipinski definition) is 2. The van der Waals surface area contributed by atoms with Gasteiger partial charge in [0.05, 0.1) is 0 Å². The fourth-order valence-electron chi connectivity index (χ4n) is 1.07. The molecular weight excluding hydrogens is 168 g/mol. The van der Waals surface area contributed by atoms with Gasteiger partial charge in [-0.3, -0.25) is 0 Å². The molecule has 1 nitrogen and oxygen atoms in total. The molecule has 0 heterocycles. The molecule has 1 rings (SSSR count). The van der Waals surface area contributed by atoms with Crippen molar-refractivity contribution in [2.75, 3.05) is 0 Å². The van der Waals surface area contributed by atoms with Gasteiger partial charge in [0.2, 0.25) is 0 Å². The van der Waals surface area contributed by atoms with Crippen LogP contribution >= 0.6 is 12.2 Å². The summed E-state index contributed by atoms with van der Waals surface area (Å²) < 4.78 is 5.33. The smallest absolute Gasteiger partial charge is 0.164 e. The number of hydrogen-bond donors (Lipinski definition) is 0. The first-order chi connectivity index (χ1) is 5.59. The number of thiocarbonyl (C=S) groups is 1. The molecule has 0 spiro atoms. The molecule has 0 amide bonds. The molecule has 64 valence electrons. The first-order valence-electron chi connectivity index (χ1n) is 3.85. The molecule has 12 heavy (non-hydrogen) atoms. The highest BCUT2D eigenvalue weighted by atomic mass is 32.1. The number of ether oxygens (including phenoxy) is 1. The second-order valence-corrected chi connectivity index (χ2v) is 3.44. The van der Waals surface area contributed by atoms with Crippen LogP contribution < -0.4 is 4.74 Å². The Balaban J connectivity index is 2.93.